The summed E-state index contributed by atoms with van der Waals surface area (Å²) < 4.78 is 15.4. The fourth-order valence-electron chi connectivity index (χ4n) is 6.34. The Morgan fingerprint density at radius 3 is 2.56 bits per heavy atom. The van der Waals surface area contributed by atoms with Gasteiger partial charge in [0.25, 0.3) is 0 Å². The van der Waals surface area contributed by atoms with Gasteiger partial charge in [-0.3, -0.25) is 14.9 Å². The lowest BCUT2D eigenvalue weighted by atomic mass is 9.62. The fourth-order valence-corrected chi connectivity index (χ4v) is 6.70. The zero-order valence-corrected chi connectivity index (χ0v) is 19.3. The number of hydrogen-bond acceptors (Lipinski definition) is 3. The molecule has 5 rings (SSSR count). The molecule has 1 saturated heterocycles. The first kappa shape index (κ1) is 21.7. The van der Waals surface area contributed by atoms with Gasteiger partial charge in [-0.1, -0.05) is 62.2 Å². The Balaban J connectivity index is 1.85. The van der Waals surface area contributed by atoms with E-state index in [2.05, 4.69) is 31.4 Å². The van der Waals surface area contributed by atoms with Crippen LogP contribution < -0.4 is 10.6 Å². The van der Waals surface area contributed by atoms with E-state index in [1.54, 1.807) is 24.3 Å². The van der Waals surface area contributed by atoms with E-state index < -0.39 is 34.7 Å². The van der Waals surface area contributed by atoms with Crippen LogP contribution >= 0.6 is 23.2 Å². The van der Waals surface area contributed by atoms with Crippen LogP contribution in [0.3, 0.4) is 0 Å². The summed E-state index contributed by atoms with van der Waals surface area (Å²) in [6, 6.07) is 8.45. The monoisotopic (exact) mass is 476 g/mol. The van der Waals surface area contributed by atoms with Crippen molar-refractivity contribution in [2.24, 2.45) is 11.3 Å². The smallest absolute Gasteiger partial charge is 0.321 e. The largest absolute Gasteiger partial charge is 0.480 e. The van der Waals surface area contributed by atoms with Crippen LogP contribution in [-0.2, 0) is 15.0 Å². The third kappa shape index (κ3) is 2.60. The van der Waals surface area contributed by atoms with Gasteiger partial charge in [-0.15, -0.1) is 0 Å². The quantitative estimate of drug-likeness (QED) is 0.571. The average Bonchev–Trinajstić information content (AvgIpc) is 3.27. The molecule has 2 fully saturated rings. The molecule has 2 spiro atoms. The summed E-state index contributed by atoms with van der Waals surface area (Å²) in [7, 11) is 0. The van der Waals surface area contributed by atoms with E-state index in [-0.39, 0.29) is 27.8 Å². The predicted octanol–water partition coefficient (Wildman–Crippen LogP) is 4.97. The van der Waals surface area contributed by atoms with Gasteiger partial charge >= 0.3 is 5.97 Å². The van der Waals surface area contributed by atoms with Gasteiger partial charge in [-0.25, -0.2) is 4.39 Å². The molecule has 2 unspecified atom stereocenters. The Labute approximate surface area is 195 Å². The number of anilines is 1. The molecule has 5 atom stereocenters. The van der Waals surface area contributed by atoms with Crippen molar-refractivity contribution in [2.75, 3.05) is 5.32 Å². The van der Waals surface area contributed by atoms with E-state index in [1.165, 1.54) is 12.1 Å². The van der Waals surface area contributed by atoms with Gasteiger partial charge in [0.15, 0.2) is 0 Å². The van der Waals surface area contributed by atoms with E-state index in [4.69, 9.17) is 23.2 Å². The number of hydrogen-bond donors (Lipinski definition) is 3. The first-order valence-electron chi connectivity index (χ1n) is 10.5. The first-order chi connectivity index (χ1) is 14.9. The van der Waals surface area contributed by atoms with Crippen molar-refractivity contribution in [3.8, 4) is 0 Å². The minimum Gasteiger partial charge on any atom is -0.480 e. The number of carboxylic acid groups (broad SMARTS) is 1. The van der Waals surface area contributed by atoms with Gasteiger partial charge in [0.2, 0.25) is 5.91 Å². The summed E-state index contributed by atoms with van der Waals surface area (Å²) in [6.07, 6.45) is 0.592. The number of aliphatic carboxylic acids is 1. The van der Waals surface area contributed by atoms with Crippen LogP contribution in [0.1, 0.15) is 44.2 Å². The molecule has 0 bridgehead atoms. The van der Waals surface area contributed by atoms with Gasteiger partial charge in [0.1, 0.15) is 17.3 Å². The highest BCUT2D eigenvalue weighted by molar-refractivity contribution is 6.31. The lowest BCUT2D eigenvalue weighted by Crippen LogP contribution is -2.52. The van der Waals surface area contributed by atoms with E-state index in [1.807, 2.05) is 0 Å². The van der Waals surface area contributed by atoms with Crippen LogP contribution in [0, 0.1) is 17.2 Å². The van der Waals surface area contributed by atoms with Crippen LogP contribution in [0.4, 0.5) is 10.1 Å². The molecule has 1 aliphatic carbocycles. The SMILES string of the molecule is CC(C)(C)C1CC12N[C@@H](C(=O)O)[C@H](c1cccc(Cl)c1F)[C@]21C(=O)Nc2cc(Cl)ccc21. The molecular weight excluding hydrogens is 454 g/mol. The fraction of sp³-hybridized carbons (Fsp3) is 0.417. The van der Waals surface area contributed by atoms with Crippen molar-refractivity contribution in [1.82, 2.24) is 5.32 Å². The van der Waals surface area contributed by atoms with Gasteiger partial charge < -0.3 is 10.4 Å². The van der Waals surface area contributed by atoms with Crippen molar-refractivity contribution in [3.63, 3.8) is 0 Å². The highest BCUT2D eigenvalue weighted by Crippen LogP contribution is 2.72. The number of carbonyl (C=O) groups is 2. The van der Waals surface area contributed by atoms with E-state index in [0.29, 0.717) is 22.7 Å². The normalized spacial score (nSPS) is 32.9. The molecule has 1 amide bonds. The molecule has 2 heterocycles. The van der Waals surface area contributed by atoms with Crippen molar-refractivity contribution in [3.05, 3.63) is 63.4 Å². The number of benzene rings is 2. The molecule has 8 heteroatoms. The number of amides is 1. The summed E-state index contributed by atoms with van der Waals surface area (Å²) >= 11 is 12.3. The Hall–Kier alpha value is -2.15. The highest BCUT2D eigenvalue weighted by Gasteiger charge is 2.82. The summed E-state index contributed by atoms with van der Waals surface area (Å²) in [4.78, 5) is 26.4. The summed E-state index contributed by atoms with van der Waals surface area (Å²) in [5.74, 6) is -3.20. The molecular formula is C24H23Cl2FN2O3. The van der Waals surface area contributed by atoms with Crippen molar-refractivity contribution in [2.45, 2.75) is 50.1 Å². The maximum Gasteiger partial charge on any atom is 0.321 e. The molecule has 2 aliphatic heterocycles. The zero-order chi connectivity index (χ0) is 23.2. The topological polar surface area (TPSA) is 78.4 Å². The molecule has 0 aromatic heterocycles. The molecule has 2 aromatic carbocycles. The second-order valence-electron chi connectivity index (χ2n) is 10.1. The van der Waals surface area contributed by atoms with Crippen LogP contribution in [-0.4, -0.2) is 28.6 Å². The highest BCUT2D eigenvalue weighted by atomic mass is 35.5. The molecule has 1 saturated carbocycles. The predicted molar refractivity (Wildman–Crippen MR) is 121 cm³/mol. The second-order valence-corrected chi connectivity index (χ2v) is 11.0. The Morgan fingerprint density at radius 2 is 1.94 bits per heavy atom. The number of rotatable bonds is 2. The average molecular weight is 477 g/mol. The van der Waals surface area contributed by atoms with Gasteiger partial charge in [0.05, 0.1) is 5.02 Å². The van der Waals surface area contributed by atoms with Crippen LogP contribution in [0.2, 0.25) is 10.0 Å². The number of nitrogens with one attached hydrogen (secondary N) is 2. The maximum absolute atomic E-state index is 15.4. The minimum absolute atomic E-state index is 0.00327. The third-order valence-corrected chi connectivity index (χ3v) is 8.05. The Morgan fingerprint density at radius 1 is 1.22 bits per heavy atom. The minimum atomic E-state index is -1.33. The molecule has 3 aliphatic rings. The van der Waals surface area contributed by atoms with E-state index in [0.717, 1.165) is 0 Å². The number of halogens is 3. The third-order valence-electron chi connectivity index (χ3n) is 7.52. The molecule has 2 aromatic rings. The Kier molecular flexibility index (Phi) is 4.53. The van der Waals surface area contributed by atoms with Gasteiger partial charge in [0, 0.05) is 22.2 Å². The number of carbonyl (C=O) groups excluding carboxylic acids is 1. The first-order valence-corrected chi connectivity index (χ1v) is 11.3. The molecule has 0 radical (unpaired) electrons. The zero-order valence-electron chi connectivity index (χ0n) is 17.8. The van der Waals surface area contributed by atoms with Gasteiger partial charge in [-0.2, -0.15) is 0 Å². The second kappa shape index (κ2) is 6.69. The molecule has 32 heavy (non-hydrogen) atoms. The van der Waals surface area contributed by atoms with Crippen LogP contribution in [0.15, 0.2) is 36.4 Å². The van der Waals surface area contributed by atoms with Crippen LogP contribution in [0.25, 0.3) is 0 Å². The number of fused-ring (bicyclic) bond motifs is 3. The van der Waals surface area contributed by atoms with Crippen LogP contribution in [0.5, 0.6) is 0 Å². The number of carboxylic acids is 1. The summed E-state index contributed by atoms with van der Waals surface area (Å²) in [6.45, 7) is 6.21. The molecule has 3 N–H and O–H groups in total. The van der Waals surface area contributed by atoms with Crippen molar-refractivity contribution < 1.29 is 19.1 Å². The standard InChI is InChI=1S/C24H23Cl2FN2O3/c1-22(2,3)16-10-23(16)24(13-8-7-11(25)9-15(13)28-21(24)32)17(19(29-23)20(30)31)12-5-4-6-14(26)18(12)27/h4-9,16-17,19,29H,10H2,1-3H3,(H,28,32)(H,30,31)/t16?,17-,19+,23?,24+/m0/s1. The summed E-state index contributed by atoms with van der Waals surface area (Å²) in [5.41, 5.74) is -1.11. The lowest BCUT2D eigenvalue weighted by molar-refractivity contribution is -0.139. The van der Waals surface area contributed by atoms with Gasteiger partial charge in [-0.05, 0) is 47.1 Å². The van der Waals surface area contributed by atoms with Crippen molar-refractivity contribution in [1.29, 1.82) is 0 Å². The lowest BCUT2D eigenvalue weighted by Gasteiger charge is -2.38. The van der Waals surface area contributed by atoms with E-state index >= 15 is 4.39 Å². The van der Waals surface area contributed by atoms with Crippen molar-refractivity contribution >= 4 is 40.8 Å². The summed E-state index contributed by atoms with van der Waals surface area (Å²) in [5, 5.41) is 16.8. The molecule has 5 nitrogen and oxygen atoms in total. The molecule has 168 valence electrons. The maximum atomic E-state index is 15.4. The van der Waals surface area contributed by atoms with E-state index in [9.17, 15) is 14.7 Å². The Bertz CT molecular complexity index is 1180.